The van der Waals surface area contributed by atoms with Crippen LogP contribution in [0.25, 0.3) is 0 Å². The average Bonchev–Trinajstić information content (AvgIpc) is 2.85. The Kier molecular flexibility index (Phi) is 3.30. The highest BCUT2D eigenvalue weighted by Gasteiger charge is 2.26. The molecule has 0 amide bonds. The molecule has 0 saturated heterocycles. The van der Waals surface area contributed by atoms with Crippen LogP contribution in [0.1, 0.15) is 42.9 Å². The minimum absolute atomic E-state index is 0.198. The van der Waals surface area contributed by atoms with Crippen molar-refractivity contribution >= 4 is 0 Å². The topological polar surface area (TPSA) is 70.0 Å². The van der Waals surface area contributed by atoms with Gasteiger partial charge in [0.2, 0.25) is 0 Å². The minimum Gasteiger partial charge on any atom is -0.505 e. The Labute approximate surface area is 99.7 Å². The van der Waals surface area contributed by atoms with Crippen molar-refractivity contribution in [1.82, 2.24) is 0 Å². The van der Waals surface area contributed by atoms with Gasteiger partial charge < -0.3 is 10.8 Å². The quantitative estimate of drug-likeness (QED) is 0.826. The van der Waals surface area contributed by atoms with Gasteiger partial charge in [-0.3, -0.25) is 0 Å². The molecule has 17 heavy (non-hydrogen) atoms. The van der Waals surface area contributed by atoms with Crippen LogP contribution in [0, 0.1) is 23.1 Å². The third-order valence-corrected chi connectivity index (χ3v) is 3.49. The van der Waals surface area contributed by atoms with Crippen molar-refractivity contribution in [3.63, 3.8) is 0 Å². The number of rotatable bonds is 2. The van der Waals surface area contributed by atoms with Crippen LogP contribution < -0.4 is 5.73 Å². The van der Waals surface area contributed by atoms with Crippen molar-refractivity contribution in [3.8, 4) is 11.8 Å². The summed E-state index contributed by atoms with van der Waals surface area (Å²) in [6, 6.07) is 4.00. The predicted molar refractivity (Wildman–Crippen MR) is 61.7 cm³/mol. The number of phenolic OH excluding ortho intramolecular Hbond substituents is 1. The lowest BCUT2D eigenvalue weighted by Crippen LogP contribution is -2.19. The van der Waals surface area contributed by atoms with Crippen LogP contribution in [-0.4, -0.2) is 5.11 Å². The second-order valence-electron chi connectivity index (χ2n) is 4.58. The fourth-order valence-electron chi connectivity index (χ4n) is 2.51. The first-order valence-electron chi connectivity index (χ1n) is 5.81. The molecule has 3 N–H and O–H groups in total. The molecule has 0 heterocycles. The van der Waals surface area contributed by atoms with Gasteiger partial charge >= 0.3 is 0 Å². The van der Waals surface area contributed by atoms with Crippen molar-refractivity contribution in [2.24, 2.45) is 11.7 Å². The zero-order valence-electron chi connectivity index (χ0n) is 9.49. The highest BCUT2D eigenvalue weighted by molar-refractivity contribution is 5.44. The van der Waals surface area contributed by atoms with E-state index in [0.29, 0.717) is 5.56 Å². The van der Waals surface area contributed by atoms with E-state index in [1.165, 1.54) is 6.07 Å². The fraction of sp³-hybridized carbons (Fsp3) is 0.462. The van der Waals surface area contributed by atoms with Crippen molar-refractivity contribution < 1.29 is 9.50 Å². The maximum atomic E-state index is 13.4. The summed E-state index contributed by atoms with van der Waals surface area (Å²) in [6.07, 6.45) is 4.25. The molecule has 90 valence electrons. The number of nitrogens with two attached hydrogens (primary N) is 1. The smallest absolute Gasteiger partial charge is 0.166 e. The number of phenols is 1. The Morgan fingerprint density at radius 3 is 2.65 bits per heavy atom. The molecule has 1 atom stereocenters. The third-order valence-electron chi connectivity index (χ3n) is 3.49. The van der Waals surface area contributed by atoms with E-state index in [1.807, 2.05) is 6.07 Å². The van der Waals surface area contributed by atoms with Crippen molar-refractivity contribution in [3.05, 3.63) is 29.1 Å². The van der Waals surface area contributed by atoms with Gasteiger partial charge in [-0.25, -0.2) is 4.39 Å². The number of hydrogen-bond acceptors (Lipinski definition) is 3. The molecule has 4 heteroatoms. The minimum atomic E-state index is -0.771. The molecule has 1 aliphatic carbocycles. The van der Waals surface area contributed by atoms with Crippen LogP contribution in [-0.2, 0) is 0 Å². The van der Waals surface area contributed by atoms with Crippen molar-refractivity contribution in [2.45, 2.75) is 31.7 Å². The Hall–Kier alpha value is -1.60. The molecule has 1 aliphatic rings. The molecule has 0 unspecified atom stereocenters. The normalized spacial score (nSPS) is 17.9. The molecule has 1 saturated carbocycles. The molecule has 3 nitrogen and oxygen atoms in total. The molecular formula is C13H15FN2O. The first-order valence-corrected chi connectivity index (χ1v) is 5.81. The predicted octanol–water partition coefficient (Wildman–Crippen LogP) is 2.59. The van der Waals surface area contributed by atoms with Crippen LogP contribution in [0.3, 0.4) is 0 Å². The molecule has 0 aliphatic heterocycles. The zero-order valence-corrected chi connectivity index (χ0v) is 9.49. The molecule has 1 aromatic carbocycles. The van der Waals surface area contributed by atoms with Crippen LogP contribution in [0.2, 0.25) is 0 Å². The molecule has 2 rings (SSSR count). The van der Waals surface area contributed by atoms with Gasteiger partial charge in [0.25, 0.3) is 0 Å². The summed E-state index contributed by atoms with van der Waals surface area (Å²) in [5.74, 6) is -0.912. The summed E-state index contributed by atoms with van der Waals surface area (Å²) in [5.41, 5.74) is 6.61. The number of nitriles is 1. The van der Waals surface area contributed by atoms with Gasteiger partial charge in [0.1, 0.15) is 0 Å². The number of hydrogen-bond donors (Lipinski definition) is 2. The largest absolute Gasteiger partial charge is 0.505 e. The van der Waals surface area contributed by atoms with E-state index in [0.717, 1.165) is 31.7 Å². The van der Waals surface area contributed by atoms with Crippen LogP contribution >= 0.6 is 0 Å². The Balaban J connectivity index is 2.36. The lowest BCUT2D eigenvalue weighted by Gasteiger charge is -2.20. The van der Waals surface area contributed by atoms with E-state index in [1.54, 1.807) is 0 Å². The lowest BCUT2D eigenvalue weighted by atomic mass is 9.91. The molecular weight excluding hydrogens is 219 g/mol. The zero-order chi connectivity index (χ0) is 12.4. The maximum absolute atomic E-state index is 13.4. The maximum Gasteiger partial charge on any atom is 0.166 e. The van der Waals surface area contributed by atoms with Gasteiger partial charge in [0.05, 0.1) is 11.6 Å². The summed E-state index contributed by atoms with van der Waals surface area (Å²) in [6.45, 7) is 0. The van der Waals surface area contributed by atoms with Crippen LogP contribution in [0.5, 0.6) is 5.75 Å². The highest BCUT2D eigenvalue weighted by atomic mass is 19.1. The van der Waals surface area contributed by atoms with E-state index >= 15 is 0 Å². The highest BCUT2D eigenvalue weighted by Crippen LogP contribution is 2.38. The molecule has 0 bridgehead atoms. The molecule has 1 aromatic rings. The number of nitrogens with zero attached hydrogens (tertiary/aromatic N) is 1. The number of aromatic hydroxyl groups is 1. The van der Waals surface area contributed by atoms with Gasteiger partial charge in [-0.1, -0.05) is 12.8 Å². The van der Waals surface area contributed by atoms with Gasteiger partial charge in [0, 0.05) is 11.6 Å². The van der Waals surface area contributed by atoms with Gasteiger partial charge in [-0.05, 0) is 30.9 Å². The average molecular weight is 234 g/mol. The number of benzene rings is 1. The van der Waals surface area contributed by atoms with E-state index < -0.39 is 11.6 Å². The summed E-state index contributed by atoms with van der Waals surface area (Å²) in [5, 5.41) is 18.5. The van der Waals surface area contributed by atoms with Crippen LogP contribution in [0.15, 0.2) is 12.1 Å². The van der Waals surface area contributed by atoms with E-state index in [-0.39, 0.29) is 17.5 Å². The second kappa shape index (κ2) is 4.72. The molecule has 0 spiro atoms. The third kappa shape index (κ3) is 2.25. The molecule has 0 aromatic heterocycles. The Morgan fingerprint density at radius 1 is 1.41 bits per heavy atom. The summed E-state index contributed by atoms with van der Waals surface area (Å²) in [4.78, 5) is 0. The van der Waals surface area contributed by atoms with Crippen molar-refractivity contribution in [2.75, 3.05) is 0 Å². The van der Waals surface area contributed by atoms with E-state index in [2.05, 4.69) is 0 Å². The Morgan fingerprint density at radius 2 is 2.06 bits per heavy atom. The van der Waals surface area contributed by atoms with Gasteiger partial charge in [0.15, 0.2) is 11.6 Å². The SMILES string of the molecule is N#Cc1cc(F)c(O)c([C@H](N)C2CCCC2)c1. The van der Waals surface area contributed by atoms with Crippen molar-refractivity contribution in [1.29, 1.82) is 5.26 Å². The molecule has 1 fully saturated rings. The van der Waals surface area contributed by atoms with Gasteiger partial charge in [-0.2, -0.15) is 5.26 Å². The van der Waals surface area contributed by atoms with Gasteiger partial charge in [-0.15, -0.1) is 0 Å². The first-order chi connectivity index (χ1) is 8.13. The van der Waals surface area contributed by atoms with Crippen LogP contribution in [0.4, 0.5) is 4.39 Å². The molecule has 0 radical (unpaired) electrons. The summed E-state index contributed by atoms with van der Waals surface area (Å²) >= 11 is 0. The lowest BCUT2D eigenvalue weighted by molar-refractivity contribution is 0.392. The standard InChI is InChI=1S/C13H15FN2O/c14-11-6-8(7-15)5-10(13(11)17)12(16)9-3-1-2-4-9/h5-6,9,12,17H,1-4,16H2/t12-/m1/s1. The Bertz CT molecular complexity index is 461. The fourth-order valence-corrected chi connectivity index (χ4v) is 2.51. The first kappa shape index (κ1) is 11.9. The second-order valence-corrected chi connectivity index (χ2v) is 4.58. The summed E-state index contributed by atoms with van der Waals surface area (Å²) in [7, 11) is 0. The summed E-state index contributed by atoms with van der Waals surface area (Å²) < 4.78 is 13.4. The van der Waals surface area contributed by atoms with E-state index in [4.69, 9.17) is 11.0 Å². The van der Waals surface area contributed by atoms with E-state index in [9.17, 15) is 9.50 Å². The monoisotopic (exact) mass is 234 g/mol. The number of halogens is 1.